The molecule has 0 spiro atoms. The fourth-order valence-electron chi connectivity index (χ4n) is 1.11. The van der Waals surface area contributed by atoms with Crippen LogP contribution in [-0.4, -0.2) is 5.16 Å². The summed E-state index contributed by atoms with van der Waals surface area (Å²) in [6, 6.07) is 5.03. The quantitative estimate of drug-likeness (QED) is 0.785. The lowest BCUT2D eigenvalue weighted by atomic mass is 10.1. The van der Waals surface area contributed by atoms with Gasteiger partial charge in [0.1, 0.15) is 17.3 Å². The standard InChI is InChI=1S/C9H4BrF2NO/c10-8-4-7(13-14-8)9-5(11)2-1-3-6(9)12/h1-4H. The predicted octanol–water partition coefficient (Wildman–Crippen LogP) is 3.38. The topological polar surface area (TPSA) is 26.0 Å². The van der Waals surface area contributed by atoms with Crippen LogP contribution in [0.3, 0.4) is 0 Å². The van der Waals surface area contributed by atoms with Crippen LogP contribution >= 0.6 is 15.9 Å². The van der Waals surface area contributed by atoms with Gasteiger partial charge in [0.2, 0.25) is 4.67 Å². The molecule has 0 saturated heterocycles. The summed E-state index contributed by atoms with van der Waals surface area (Å²) in [5.41, 5.74) is -0.0468. The highest BCUT2D eigenvalue weighted by Crippen LogP contribution is 2.26. The Morgan fingerprint density at radius 2 is 1.86 bits per heavy atom. The van der Waals surface area contributed by atoms with Gasteiger partial charge in [0, 0.05) is 6.07 Å². The molecule has 0 radical (unpaired) electrons. The van der Waals surface area contributed by atoms with Gasteiger partial charge in [-0.2, -0.15) is 0 Å². The van der Waals surface area contributed by atoms with E-state index in [2.05, 4.69) is 25.6 Å². The fourth-order valence-corrected chi connectivity index (χ4v) is 1.40. The van der Waals surface area contributed by atoms with Crippen molar-refractivity contribution in [2.45, 2.75) is 0 Å². The van der Waals surface area contributed by atoms with Crippen molar-refractivity contribution in [1.82, 2.24) is 5.16 Å². The van der Waals surface area contributed by atoms with Crippen molar-refractivity contribution in [3.63, 3.8) is 0 Å². The van der Waals surface area contributed by atoms with Crippen LogP contribution in [0, 0.1) is 11.6 Å². The van der Waals surface area contributed by atoms with Gasteiger partial charge in [-0.05, 0) is 28.1 Å². The molecule has 1 aromatic carbocycles. The lowest BCUT2D eigenvalue weighted by molar-refractivity contribution is 0.401. The van der Waals surface area contributed by atoms with Crippen LogP contribution in [0.4, 0.5) is 8.78 Å². The third kappa shape index (κ3) is 1.55. The molecule has 2 aromatic rings. The number of hydrogen-bond donors (Lipinski definition) is 0. The highest BCUT2D eigenvalue weighted by atomic mass is 79.9. The third-order valence-electron chi connectivity index (χ3n) is 1.70. The average Bonchev–Trinajstić information content (AvgIpc) is 2.51. The highest BCUT2D eigenvalue weighted by molar-refractivity contribution is 9.10. The Kier molecular flexibility index (Phi) is 2.33. The maximum absolute atomic E-state index is 13.2. The first-order valence-electron chi connectivity index (χ1n) is 3.75. The van der Waals surface area contributed by atoms with E-state index in [-0.39, 0.29) is 11.3 Å². The zero-order valence-electron chi connectivity index (χ0n) is 6.80. The van der Waals surface area contributed by atoms with E-state index in [4.69, 9.17) is 0 Å². The van der Waals surface area contributed by atoms with Crippen molar-refractivity contribution in [3.05, 3.63) is 40.6 Å². The highest BCUT2D eigenvalue weighted by Gasteiger charge is 2.14. The number of rotatable bonds is 1. The monoisotopic (exact) mass is 259 g/mol. The first-order valence-corrected chi connectivity index (χ1v) is 4.54. The van der Waals surface area contributed by atoms with E-state index in [1.807, 2.05) is 0 Å². The number of hydrogen-bond acceptors (Lipinski definition) is 2. The Labute approximate surface area is 86.7 Å². The van der Waals surface area contributed by atoms with Crippen LogP contribution in [0.1, 0.15) is 0 Å². The summed E-state index contributed by atoms with van der Waals surface area (Å²) in [7, 11) is 0. The van der Waals surface area contributed by atoms with Crippen molar-refractivity contribution >= 4 is 15.9 Å². The first kappa shape index (κ1) is 9.33. The molecule has 0 aliphatic rings. The molecule has 1 heterocycles. The number of benzene rings is 1. The van der Waals surface area contributed by atoms with Crippen molar-refractivity contribution < 1.29 is 13.3 Å². The van der Waals surface area contributed by atoms with E-state index in [1.165, 1.54) is 24.3 Å². The molecule has 14 heavy (non-hydrogen) atoms. The molecule has 0 atom stereocenters. The lowest BCUT2D eigenvalue weighted by Gasteiger charge is -1.98. The average molecular weight is 260 g/mol. The third-order valence-corrected chi connectivity index (χ3v) is 2.07. The Balaban J connectivity index is 2.61. The second-order valence-corrected chi connectivity index (χ2v) is 3.39. The van der Waals surface area contributed by atoms with E-state index < -0.39 is 11.6 Å². The number of halogens is 3. The summed E-state index contributed by atoms with van der Waals surface area (Å²) in [4.78, 5) is 0. The van der Waals surface area contributed by atoms with Crippen LogP contribution in [0.2, 0.25) is 0 Å². The van der Waals surface area contributed by atoms with Gasteiger partial charge in [-0.15, -0.1) is 0 Å². The minimum atomic E-state index is -0.661. The van der Waals surface area contributed by atoms with Crippen molar-refractivity contribution in [2.75, 3.05) is 0 Å². The molecular formula is C9H4BrF2NO. The molecular weight excluding hydrogens is 256 g/mol. The molecule has 72 valence electrons. The summed E-state index contributed by atoms with van der Waals surface area (Å²) in [6.45, 7) is 0. The molecule has 1 aromatic heterocycles. The van der Waals surface area contributed by atoms with Gasteiger partial charge >= 0.3 is 0 Å². The smallest absolute Gasteiger partial charge is 0.202 e. The van der Waals surface area contributed by atoms with Gasteiger partial charge in [-0.1, -0.05) is 11.2 Å². The maximum Gasteiger partial charge on any atom is 0.202 e. The molecule has 0 bridgehead atoms. The zero-order chi connectivity index (χ0) is 10.1. The largest absolute Gasteiger partial charge is 0.349 e. The van der Waals surface area contributed by atoms with Crippen LogP contribution in [0.5, 0.6) is 0 Å². The van der Waals surface area contributed by atoms with E-state index >= 15 is 0 Å². The molecule has 0 saturated carbocycles. The van der Waals surface area contributed by atoms with E-state index in [0.29, 0.717) is 4.67 Å². The first-order chi connectivity index (χ1) is 6.68. The van der Waals surface area contributed by atoms with Gasteiger partial charge in [0.15, 0.2) is 0 Å². The lowest BCUT2D eigenvalue weighted by Crippen LogP contribution is -1.88. The van der Waals surface area contributed by atoms with Crippen LogP contribution in [0.25, 0.3) is 11.3 Å². The molecule has 0 N–H and O–H groups in total. The van der Waals surface area contributed by atoms with E-state index in [0.717, 1.165) is 0 Å². The van der Waals surface area contributed by atoms with Crippen LogP contribution in [0.15, 0.2) is 33.5 Å². The summed E-state index contributed by atoms with van der Waals surface area (Å²) in [6.07, 6.45) is 0. The van der Waals surface area contributed by atoms with Gasteiger partial charge in [0.25, 0.3) is 0 Å². The van der Waals surface area contributed by atoms with Gasteiger partial charge in [-0.3, -0.25) is 0 Å². The van der Waals surface area contributed by atoms with Crippen molar-refractivity contribution in [2.24, 2.45) is 0 Å². The van der Waals surface area contributed by atoms with Gasteiger partial charge in [-0.25, -0.2) is 8.78 Å². The Bertz CT molecular complexity index is 449. The molecule has 0 aliphatic carbocycles. The Morgan fingerprint density at radius 3 is 2.36 bits per heavy atom. The summed E-state index contributed by atoms with van der Waals surface area (Å²) in [5, 5.41) is 3.51. The molecule has 0 unspecified atom stereocenters. The van der Waals surface area contributed by atoms with Crippen LogP contribution in [-0.2, 0) is 0 Å². The number of aromatic nitrogens is 1. The predicted molar refractivity (Wildman–Crippen MR) is 49.6 cm³/mol. The van der Waals surface area contributed by atoms with E-state index in [9.17, 15) is 8.78 Å². The maximum atomic E-state index is 13.2. The Morgan fingerprint density at radius 1 is 1.21 bits per heavy atom. The van der Waals surface area contributed by atoms with Gasteiger partial charge in [0.05, 0.1) is 5.56 Å². The molecule has 2 rings (SSSR count). The Hall–Kier alpha value is -1.23. The summed E-state index contributed by atoms with van der Waals surface area (Å²) < 4.78 is 31.4. The summed E-state index contributed by atoms with van der Waals surface area (Å²) >= 11 is 3.00. The van der Waals surface area contributed by atoms with Crippen LogP contribution < -0.4 is 0 Å². The van der Waals surface area contributed by atoms with E-state index in [1.54, 1.807) is 0 Å². The zero-order valence-corrected chi connectivity index (χ0v) is 8.38. The summed E-state index contributed by atoms with van der Waals surface area (Å²) in [5.74, 6) is -1.32. The molecule has 0 aliphatic heterocycles. The van der Waals surface area contributed by atoms with Crippen molar-refractivity contribution in [1.29, 1.82) is 0 Å². The minimum Gasteiger partial charge on any atom is -0.349 e. The minimum absolute atomic E-state index is 0.132. The second-order valence-electron chi connectivity index (χ2n) is 2.61. The molecule has 5 heteroatoms. The fraction of sp³-hybridized carbons (Fsp3) is 0. The molecule has 0 fully saturated rings. The second kappa shape index (κ2) is 3.49. The molecule has 0 amide bonds. The van der Waals surface area contributed by atoms with Gasteiger partial charge < -0.3 is 4.52 Å². The molecule has 2 nitrogen and oxygen atoms in total. The normalized spacial score (nSPS) is 10.5. The SMILES string of the molecule is Fc1cccc(F)c1-c1cc(Br)on1. The number of nitrogens with zero attached hydrogens (tertiary/aromatic N) is 1. The van der Waals surface area contributed by atoms with Crippen molar-refractivity contribution in [3.8, 4) is 11.3 Å².